The summed E-state index contributed by atoms with van der Waals surface area (Å²) in [7, 11) is 0. The number of alkyl halides is 2. The Kier molecular flexibility index (Phi) is 4.54. The van der Waals surface area contributed by atoms with Crippen LogP contribution in [-0.4, -0.2) is 40.5 Å². The van der Waals surface area contributed by atoms with Crippen LogP contribution in [0.1, 0.15) is 24.8 Å². The van der Waals surface area contributed by atoms with E-state index in [9.17, 15) is 23.1 Å². The third kappa shape index (κ3) is 3.13. The highest BCUT2D eigenvalue weighted by atomic mass is 19.3. The number of halogens is 3. The first-order chi connectivity index (χ1) is 11.4. The van der Waals surface area contributed by atoms with Crippen molar-refractivity contribution in [2.24, 2.45) is 5.41 Å². The highest BCUT2D eigenvalue weighted by Crippen LogP contribution is 2.38. The first-order valence-electron chi connectivity index (χ1n) is 7.90. The molecule has 1 aliphatic rings. The van der Waals surface area contributed by atoms with Gasteiger partial charge in [0.1, 0.15) is 5.82 Å². The lowest BCUT2D eigenvalue weighted by molar-refractivity contribution is -0.155. The summed E-state index contributed by atoms with van der Waals surface area (Å²) in [6.07, 6.45) is -1.23. The molecule has 2 N–H and O–H groups in total. The van der Waals surface area contributed by atoms with Crippen LogP contribution >= 0.6 is 0 Å². The van der Waals surface area contributed by atoms with Crippen molar-refractivity contribution in [3.05, 3.63) is 35.8 Å². The molecule has 2 heterocycles. The third-order valence-corrected chi connectivity index (χ3v) is 4.98. The van der Waals surface area contributed by atoms with E-state index in [1.165, 1.54) is 6.07 Å². The zero-order valence-corrected chi connectivity index (χ0v) is 13.1. The van der Waals surface area contributed by atoms with E-state index in [4.69, 9.17) is 0 Å². The molecule has 1 saturated heterocycles. The van der Waals surface area contributed by atoms with Crippen LogP contribution in [0.3, 0.4) is 0 Å². The van der Waals surface area contributed by atoms with Crippen LogP contribution in [0.15, 0.2) is 24.4 Å². The van der Waals surface area contributed by atoms with Crippen molar-refractivity contribution in [3.8, 4) is 0 Å². The second kappa shape index (κ2) is 6.47. The predicted molar refractivity (Wildman–Crippen MR) is 83.5 cm³/mol. The van der Waals surface area contributed by atoms with Gasteiger partial charge in [-0.1, -0.05) is 0 Å². The Balaban J connectivity index is 1.74. The largest absolute Gasteiger partial charge is 0.481 e. The fraction of sp³-hybridized carbons (Fsp3) is 0.471. The zero-order chi connectivity index (χ0) is 17.3. The summed E-state index contributed by atoms with van der Waals surface area (Å²) in [6.45, 7) is 1.06. The number of benzene rings is 1. The summed E-state index contributed by atoms with van der Waals surface area (Å²) in [5, 5.41) is 10.1. The first kappa shape index (κ1) is 16.8. The average Bonchev–Trinajstić information content (AvgIpc) is 3.00. The Morgan fingerprint density at radius 2 is 2.00 bits per heavy atom. The van der Waals surface area contributed by atoms with E-state index in [0.29, 0.717) is 25.2 Å². The Morgan fingerprint density at radius 1 is 1.29 bits per heavy atom. The maximum Gasteiger partial charge on any atom is 0.309 e. The topological polar surface area (TPSA) is 56.3 Å². The van der Waals surface area contributed by atoms with Gasteiger partial charge in [0.15, 0.2) is 0 Å². The Labute approximate surface area is 137 Å². The molecule has 0 aliphatic carbocycles. The minimum atomic E-state index is -2.64. The highest BCUT2D eigenvalue weighted by molar-refractivity contribution is 5.83. The number of H-pyrrole nitrogens is 1. The van der Waals surface area contributed by atoms with E-state index in [1.807, 2.05) is 4.90 Å². The van der Waals surface area contributed by atoms with E-state index < -0.39 is 24.2 Å². The number of carboxylic acids is 1. The summed E-state index contributed by atoms with van der Waals surface area (Å²) < 4.78 is 39.6. The van der Waals surface area contributed by atoms with Gasteiger partial charge in [0.05, 0.1) is 5.41 Å². The van der Waals surface area contributed by atoms with E-state index >= 15 is 0 Å². The van der Waals surface area contributed by atoms with Gasteiger partial charge < -0.3 is 10.1 Å². The molecular weight excluding hydrogens is 321 g/mol. The van der Waals surface area contributed by atoms with Crippen molar-refractivity contribution in [3.63, 3.8) is 0 Å². The number of rotatable bonds is 5. The van der Waals surface area contributed by atoms with Crippen molar-refractivity contribution >= 4 is 16.9 Å². The average molecular weight is 340 g/mol. The number of aliphatic carboxylic acids is 1. The molecule has 1 fully saturated rings. The molecule has 130 valence electrons. The summed E-state index contributed by atoms with van der Waals surface area (Å²) in [4.78, 5) is 16.4. The quantitative estimate of drug-likeness (QED) is 0.874. The number of piperidine rings is 1. The molecule has 0 unspecified atom stereocenters. The monoisotopic (exact) mass is 340 g/mol. The standard InChI is InChI=1S/C17H19F3N2O2/c18-13-1-2-14-11(3-6-21-14)12(13)10-22-7-4-17(5-8-22,16(23)24)9-15(19)20/h1-3,6,15,21H,4-5,7-10H2,(H,23,24). The van der Waals surface area contributed by atoms with Gasteiger partial charge in [0.25, 0.3) is 0 Å². The molecule has 0 radical (unpaired) electrons. The van der Waals surface area contributed by atoms with Crippen molar-refractivity contribution in [1.82, 2.24) is 9.88 Å². The van der Waals surface area contributed by atoms with E-state index in [1.54, 1.807) is 18.3 Å². The van der Waals surface area contributed by atoms with Crippen LogP contribution in [0.2, 0.25) is 0 Å². The van der Waals surface area contributed by atoms with Crippen LogP contribution < -0.4 is 0 Å². The van der Waals surface area contributed by atoms with Gasteiger partial charge in [0.2, 0.25) is 6.43 Å². The molecule has 1 aromatic carbocycles. The van der Waals surface area contributed by atoms with Crippen LogP contribution in [-0.2, 0) is 11.3 Å². The lowest BCUT2D eigenvalue weighted by atomic mass is 9.75. The van der Waals surface area contributed by atoms with Gasteiger partial charge in [-0.15, -0.1) is 0 Å². The van der Waals surface area contributed by atoms with E-state index in [-0.39, 0.29) is 18.7 Å². The van der Waals surface area contributed by atoms with Gasteiger partial charge >= 0.3 is 5.97 Å². The lowest BCUT2D eigenvalue weighted by Crippen LogP contribution is -2.45. The van der Waals surface area contributed by atoms with Crippen LogP contribution in [0, 0.1) is 11.2 Å². The lowest BCUT2D eigenvalue weighted by Gasteiger charge is -2.38. The molecular formula is C17H19F3N2O2. The molecule has 0 bridgehead atoms. The molecule has 1 aromatic heterocycles. The second-order valence-corrected chi connectivity index (χ2v) is 6.42. The maximum absolute atomic E-state index is 14.2. The van der Waals surface area contributed by atoms with Crippen LogP contribution in [0.25, 0.3) is 10.9 Å². The number of likely N-dealkylation sites (tertiary alicyclic amines) is 1. The van der Waals surface area contributed by atoms with Gasteiger partial charge in [-0.05, 0) is 44.1 Å². The molecule has 24 heavy (non-hydrogen) atoms. The molecule has 4 nitrogen and oxygen atoms in total. The molecule has 3 rings (SSSR count). The summed E-state index contributed by atoms with van der Waals surface area (Å²) in [6, 6.07) is 4.87. The number of fused-ring (bicyclic) bond motifs is 1. The smallest absolute Gasteiger partial charge is 0.309 e. The molecule has 0 spiro atoms. The minimum Gasteiger partial charge on any atom is -0.481 e. The third-order valence-electron chi connectivity index (χ3n) is 4.98. The van der Waals surface area contributed by atoms with Crippen LogP contribution in [0.5, 0.6) is 0 Å². The molecule has 7 heteroatoms. The van der Waals surface area contributed by atoms with E-state index in [0.717, 1.165) is 10.9 Å². The Bertz CT molecular complexity index is 737. The summed E-state index contributed by atoms with van der Waals surface area (Å²) in [5.74, 6) is -1.48. The fourth-order valence-corrected chi connectivity index (χ4v) is 3.49. The summed E-state index contributed by atoms with van der Waals surface area (Å²) in [5.41, 5.74) is 0.00923. The minimum absolute atomic E-state index is 0.150. The molecule has 2 aromatic rings. The van der Waals surface area contributed by atoms with Gasteiger partial charge in [-0.25, -0.2) is 13.2 Å². The molecule has 0 atom stereocenters. The molecule has 0 saturated carbocycles. The SMILES string of the molecule is O=C(O)C1(CC(F)F)CCN(Cc2c(F)ccc3[nH]ccc23)CC1. The second-order valence-electron chi connectivity index (χ2n) is 6.42. The maximum atomic E-state index is 14.2. The van der Waals surface area contributed by atoms with Crippen molar-refractivity contribution in [2.45, 2.75) is 32.2 Å². The number of carboxylic acid groups (broad SMARTS) is 1. The Hall–Kier alpha value is -2.02. The number of hydrogen-bond acceptors (Lipinski definition) is 2. The van der Waals surface area contributed by atoms with Gasteiger partial charge in [-0.3, -0.25) is 9.69 Å². The highest BCUT2D eigenvalue weighted by Gasteiger charge is 2.43. The number of nitrogens with zero attached hydrogens (tertiary/aromatic N) is 1. The predicted octanol–water partition coefficient (Wildman–Crippen LogP) is 3.63. The van der Waals surface area contributed by atoms with Gasteiger partial charge in [0, 0.05) is 35.6 Å². The molecule has 0 amide bonds. The van der Waals surface area contributed by atoms with Gasteiger partial charge in [-0.2, -0.15) is 0 Å². The van der Waals surface area contributed by atoms with E-state index in [2.05, 4.69) is 4.98 Å². The number of aromatic nitrogens is 1. The number of carbonyl (C=O) groups is 1. The van der Waals surface area contributed by atoms with Crippen molar-refractivity contribution in [1.29, 1.82) is 0 Å². The number of aromatic amines is 1. The van der Waals surface area contributed by atoms with Crippen molar-refractivity contribution in [2.75, 3.05) is 13.1 Å². The number of nitrogens with one attached hydrogen (secondary N) is 1. The first-order valence-corrected chi connectivity index (χ1v) is 7.90. The Morgan fingerprint density at radius 3 is 2.62 bits per heavy atom. The fourth-order valence-electron chi connectivity index (χ4n) is 3.49. The molecule has 1 aliphatic heterocycles. The normalized spacial score (nSPS) is 18.3. The van der Waals surface area contributed by atoms with Crippen molar-refractivity contribution < 1.29 is 23.1 Å². The summed E-state index contributed by atoms with van der Waals surface area (Å²) >= 11 is 0. The zero-order valence-electron chi connectivity index (χ0n) is 13.1. The van der Waals surface area contributed by atoms with Crippen LogP contribution in [0.4, 0.5) is 13.2 Å². The number of hydrogen-bond donors (Lipinski definition) is 2.